The van der Waals surface area contributed by atoms with Gasteiger partial charge in [0.1, 0.15) is 0 Å². The standard InChI is InChI=1S/C29H16Br2O2/c1-29(2)25-11-17-15-5-3-13(30)7-21(15)27(32)23(17)9-19(25)20-10-24-18(12-26(20)29)16-6-4-14(31)8-22(16)28(24)33/h3-12H,1-2H3. The lowest BCUT2D eigenvalue weighted by atomic mass is 9.80. The number of halogens is 2. The quantitative estimate of drug-likeness (QED) is 0.190. The molecule has 158 valence electrons. The van der Waals surface area contributed by atoms with Gasteiger partial charge in [0.15, 0.2) is 11.6 Å². The van der Waals surface area contributed by atoms with Crippen molar-refractivity contribution in [3.63, 3.8) is 0 Å². The van der Waals surface area contributed by atoms with Crippen molar-refractivity contribution >= 4 is 43.4 Å². The third-order valence-electron chi connectivity index (χ3n) is 7.47. The van der Waals surface area contributed by atoms with Crippen LogP contribution < -0.4 is 0 Å². The molecule has 0 atom stereocenters. The Morgan fingerprint density at radius 3 is 1.30 bits per heavy atom. The van der Waals surface area contributed by atoms with Crippen molar-refractivity contribution in [3.05, 3.63) is 103 Å². The molecule has 0 bridgehead atoms. The van der Waals surface area contributed by atoms with Gasteiger partial charge in [-0.2, -0.15) is 0 Å². The van der Waals surface area contributed by atoms with Gasteiger partial charge in [0.05, 0.1) is 0 Å². The highest BCUT2D eigenvalue weighted by atomic mass is 79.9. The number of rotatable bonds is 0. The molecule has 2 nitrogen and oxygen atoms in total. The molecule has 0 saturated carbocycles. The van der Waals surface area contributed by atoms with Crippen LogP contribution in [0.15, 0.2) is 69.6 Å². The molecule has 0 N–H and O–H groups in total. The fraction of sp³-hybridized carbons (Fsp3) is 0.103. The average Bonchev–Trinajstić information content (AvgIpc) is 3.31. The third-order valence-corrected chi connectivity index (χ3v) is 8.46. The average molecular weight is 556 g/mol. The maximum atomic E-state index is 13.3. The van der Waals surface area contributed by atoms with E-state index in [1.54, 1.807) is 0 Å². The molecule has 0 aromatic heterocycles. The van der Waals surface area contributed by atoms with E-state index in [0.29, 0.717) is 0 Å². The molecule has 0 spiro atoms. The number of fused-ring (bicyclic) bond motifs is 9. The molecule has 0 unspecified atom stereocenters. The van der Waals surface area contributed by atoms with Crippen LogP contribution in [0.2, 0.25) is 0 Å². The molecule has 4 aromatic carbocycles. The van der Waals surface area contributed by atoms with Crippen molar-refractivity contribution < 1.29 is 9.59 Å². The summed E-state index contributed by atoms with van der Waals surface area (Å²) in [5.74, 6) is 0.120. The predicted molar refractivity (Wildman–Crippen MR) is 137 cm³/mol. The van der Waals surface area contributed by atoms with Crippen molar-refractivity contribution in [2.75, 3.05) is 0 Å². The van der Waals surface area contributed by atoms with Gasteiger partial charge in [-0.05, 0) is 93.0 Å². The van der Waals surface area contributed by atoms with E-state index in [1.807, 2.05) is 48.5 Å². The molecule has 0 heterocycles. The van der Waals surface area contributed by atoms with Crippen LogP contribution in [0, 0.1) is 0 Å². The van der Waals surface area contributed by atoms with Gasteiger partial charge < -0.3 is 0 Å². The van der Waals surface area contributed by atoms with Crippen LogP contribution in [0.5, 0.6) is 0 Å². The Kier molecular flexibility index (Phi) is 3.68. The van der Waals surface area contributed by atoms with Crippen molar-refractivity contribution in [3.8, 4) is 33.4 Å². The van der Waals surface area contributed by atoms with E-state index in [9.17, 15) is 9.59 Å². The highest BCUT2D eigenvalue weighted by molar-refractivity contribution is 9.10. The normalized spacial score (nSPS) is 15.6. The molecular formula is C29H16Br2O2. The van der Waals surface area contributed by atoms with Crippen LogP contribution >= 0.6 is 31.9 Å². The molecule has 4 heteroatoms. The fourth-order valence-corrected chi connectivity index (χ4v) is 6.54. The second-order valence-electron chi connectivity index (χ2n) is 9.55. The van der Waals surface area contributed by atoms with Crippen LogP contribution in [0.1, 0.15) is 56.8 Å². The summed E-state index contributed by atoms with van der Waals surface area (Å²) in [6.45, 7) is 4.46. The summed E-state index contributed by atoms with van der Waals surface area (Å²) in [5.41, 5.74) is 11.2. The molecular weight excluding hydrogens is 540 g/mol. The van der Waals surface area contributed by atoms with Gasteiger partial charge in [0.25, 0.3) is 0 Å². The van der Waals surface area contributed by atoms with E-state index in [-0.39, 0.29) is 17.0 Å². The Bertz CT molecular complexity index is 1520. The third kappa shape index (κ3) is 2.38. The first-order valence-corrected chi connectivity index (χ1v) is 12.4. The number of carbonyl (C=O) groups excluding carboxylic acids is 2. The molecule has 3 aliphatic rings. The Morgan fingerprint density at radius 2 is 0.879 bits per heavy atom. The van der Waals surface area contributed by atoms with Crippen LogP contribution in [0.3, 0.4) is 0 Å². The number of benzene rings is 4. The lowest BCUT2D eigenvalue weighted by Gasteiger charge is -2.22. The van der Waals surface area contributed by atoms with Gasteiger partial charge in [-0.1, -0.05) is 57.8 Å². The summed E-state index contributed by atoms with van der Waals surface area (Å²) in [5, 5.41) is 0. The Hall–Kier alpha value is -2.82. The molecule has 33 heavy (non-hydrogen) atoms. The van der Waals surface area contributed by atoms with Crippen LogP contribution in [0.4, 0.5) is 0 Å². The van der Waals surface area contributed by atoms with Gasteiger partial charge in [-0.15, -0.1) is 0 Å². The first-order valence-electron chi connectivity index (χ1n) is 10.8. The van der Waals surface area contributed by atoms with Crippen LogP contribution in [-0.4, -0.2) is 11.6 Å². The zero-order valence-corrected chi connectivity index (χ0v) is 21.0. The van der Waals surface area contributed by atoms with Crippen LogP contribution in [0.25, 0.3) is 33.4 Å². The van der Waals surface area contributed by atoms with Gasteiger partial charge >= 0.3 is 0 Å². The highest BCUT2D eigenvalue weighted by Gasteiger charge is 2.41. The van der Waals surface area contributed by atoms with E-state index < -0.39 is 0 Å². The van der Waals surface area contributed by atoms with E-state index in [1.165, 1.54) is 11.1 Å². The number of carbonyl (C=O) groups is 2. The van der Waals surface area contributed by atoms with E-state index in [2.05, 4.69) is 57.8 Å². The molecule has 0 fully saturated rings. The van der Waals surface area contributed by atoms with E-state index in [0.717, 1.165) is 64.6 Å². The summed E-state index contributed by atoms with van der Waals surface area (Å²) in [7, 11) is 0. The summed E-state index contributed by atoms with van der Waals surface area (Å²) < 4.78 is 1.81. The van der Waals surface area contributed by atoms with Gasteiger partial charge in [0, 0.05) is 36.6 Å². The largest absolute Gasteiger partial charge is 0.289 e. The van der Waals surface area contributed by atoms with E-state index >= 15 is 0 Å². The summed E-state index contributed by atoms with van der Waals surface area (Å²) in [6.07, 6.45) is 0. The van der Waals surface area contributed by atoms with Gasteiger partial charge in [-0.25, -0.2) is 0 Å². The Labute approximate surface area is 207 Å². The van der Waals surface area contributed by atoms with E-state index in [4.69, 9.17) is 0 Å². The summed E-state index contributed by atoms with van der Waals surface area (Å²) in [4.78, 5) is 26.5. The van der Waals surface area contributed by atoms with Crippen molar-refractivity contribution in [2.24, 2.45) is 0 Å². The van der Waals surface area contributed by atoms with Crippen molar-refractivity contribution in [1.29, 1.82) is 0 Å². The Balaban J connectivity index is 1.48. The minimum absolute atomic E-state index is 0.0600. The maximum absolute atomic E-state index is 13.3. The SMILES string of the molecule is CC1(C)c2cc3c(cc2-c2cc4c(cc21)-c1ccc(Br)cc1C4=O)C(=O)c1cc(Br)ccc1-3. The van der Waals surface area contributed by atoms with Gasteiger partial charge in [-0.3, -0.25) is 9.59 Å². The lowest BCUT2D eigenvalue weighted by Crippen LogP contribution is -2.15. The number of hydrogen-bond acceptors (Lipinski definition) is 2. The fourth-order valence-electron chi connectivity index (χ4n) is 5.81. The monoisotopic (exact) mass is 554 g/mol. The highest BCUT2D eigenvalue weighted by Crippen LogP contribution is 2.54. The maximum Gasteiger partial charge on any atom is 0.194 e. The zero-order chi connectivity index (χ0) is 22.8. The lowest BCUT2D eigenvalue weighted by molar-refractivity contribution is 0.103. The minimum atomic E-state index is -0.239. The van der Waals surface area contributed by atoms with Crippen molar-refractivity contribution in [2.45, 2.75) is 19.3 Å². The topological polar surface area (TPSA) is 34.1 Å². The number of ketones is 2. The summed E-state index contributed by atoms with van der Waals surface area (Å²) >= 11 is 6.99. The van der Waals surface area contributed by atoms with Gasteiger partial charge in [0.2, 0.25) is 0 Å². The summed E-state index contributed by atoms with van der Waals surface area (Å²) in [6, 6.07) is 20.3. The molecule has 4 aromatic rings. The predicted octanol–water partition coefficient (Wildman–Crippen LogP) is 7.94. The molecule has 3 aliphatic carbocycles. The smallest absolute Gasteiger partial charge is 0.194 e. The van der Waals surface area contributed by atoms with Crippen LogP contribution in [-0.2, 0) is 5.41 Å². The first-order chi connectivity index (χ1) is 15.8. The second-order valence-corrected chi connectivity index (χ2v) is 11.4. The molecule has 0 aliphatic heterocycles. The molecule has 0 saturated heterocycles. The number of hydrogen-bond donors (Lipinski definition) is 0. The van der Waals surface area contributed by atoms with Crippen molar-refractivity contribution in [1.82, 2.24) is 0 Å². The minimum Gasteiger partial charge on any atom is -0.289 e. The zero-order valence-electron chi connectivity index (χ0n) is 17.8. The Morgan fingerprint density at radius 1 is 0.485 bits per heavy atom. The first kappa shape index (κ1) is 19.6. The molecule has 7 rings (SSSR count). The molecule has 0 amide bonds. The second kappa shape index (κ2) is 6.19. The molecule has 0 radical (unpaired) electrons.